The first kappa shape index (κ1) is 17.0. The van der Waals surface area contributed by atoms with Gasteiger partial charge >= 0.3 is 0 Å². The Balaban J connectivity index is 1.70. The van der Waals surface area contributed by atoms with Crippen LogP contribution in [0.3, 0.4) is 0 Å². The molecular weight excluding hydrogens is 344 g/mol. The molecular formula is C20H22N4OS. The fraction of sp³-hybridized carbons (Fsp3) is 0.350. The highest BCUT2D eigenvalue weighted by atomic mass is 32.1. The number of rotatable bonds is 4. The molecule has 5 nitrogen and oxygen atoms in total. The SMILES string of the molecule is CN(C(=O)c1nc(-c2cccs2)n(-c2ccccc2)n1)C1CCCCC1. The molecule has 1 aromatic carbocycles. The zero-order valence-corrected chi connectivity index (χ0v) is 15.7. The van der Waals surface area contributed by atoms with E-state index in [4.69, 9.17) is 0 Å². The Kier molecular flexibility index (Phi) is 4.84. The number of hydrogen-bond donors (Lipinski definition) is 0. The van der Waals surface area contributed by atoms with E-state index < -0.39 is 0 Å². The van der Waals surface area contributed by atoms with E-state index in [2.05, 4.69) is 10.1 Å². The van der Waals surface area contributed by atoms with Crippen LogP contribution in [-0.4, -0.2) is 38.7 Å². The van der Waals surface area contributed by atoms with Crippen LogP contribution in [0, 0.1) is 0 Å². The Hall–Kier alpha value is -2.47. The predicted molar refractivity (Wildman–Crippen MR) is 104 cm³/mol. The van der Waals surface area contributed by atoms with E-state index in [-0.39, 0.29) is 11.7 Å². The Morgan fingerprint density at radius 2 is 1.88 bits per heavy atom. The third kappa shape index (κ3) is 3.29. The second-order valence-electron chi connectivity index (χ2n) is 6.69. The first-order chi connectivity index (χ1) is 12.7. The van der Waals surface area contributed by atoms with Gasteiger partial charge in [-0.3, -0.25) is 4.79 Å². The monoisotopic (exact) mass is 366 g/mol. The maximum Gasteiger partial charge on any atom is 0.293 e. The summed E-state index contributed by atoms with van der Waals surface area (Å²) in [5.74, 6) is 0.890. The molecule has 0 saturated heterocycles. The lowest BCUT2D eigenvalue weighted by Gasteiger charge is -2.30. The highest BCUT2D eigenvalue weighted by Crippen LogP contribution is 2.27. The molecule has 1 aliphatic rings. The van der Waals surface area contributed by atoms with E-state index >= 15 is 0 Å². The second-order valence-corrected chi connectivity index (χ2v) is 7.64. The molecule has 2 heterocycles. The predicted octanol–water partition coefficient (Wildman–Crippen LogP) is 4.40. The lowest BCUT2D eigenvalue weighted by molar-refractivity contribution is 0.0684. The van der Waals surface area contributed by atoms with E-state index in [1.807, 2.05) is 59.8 Å². The van der Waals surface area contributed by atoms with Crippen molar-refractivity contribution in [3.63, 3.8) is 0 Å². The largest absolute Gasteiger partial charge is 0.336 e. The molecule has 0 N–H and O–H groups in total. The summed E-state index contributed by atoms with van der Waals surface area (Å²) < 4.78 is 1.77. The van der Waals surface area contributed by atoms with Crippen molar-refractivity contribution in [2.75, 3.05) is 7.05 Å². The molecule has 0 spiro atoms. The van der Waals surface area contributed by atoms with Crippen LogP contribution in [0.1, 0.15) is 42.7 Å². The molecule has 1 amide bonds. The van der Waals surface area contributed by atoms with Crippen LogP contribution < -0.4 is 0 Å². The molecule has 134 valence electrons. The van der Waals surface area contributed by atoms with Crippen molar-refractivity contribution >= 4 is 17.2 Å². The number of aromatic nitrogens is 3. The number of carbonyl (C=O) groups excluding carboxylic acids is 1. The topological polar surface area (TPSA) is 51.0 Å². The van der Waals surface area contributed by atoms with Gasteiger partial charge in [0.2, 0.25) is 5.82 Å². The molecule has 2 aromatic heterocycles. The highest BCUT2D eigenvalue weighted by Gasteiger charge is 2.27. The van der Waals surface area contributed by atoms with Crippen LogP contribution in [0.4, 0.5) is 0 Å². The van der Waals surface area contributed by atoms with Gasteiger partial charge < -0.3 is 4.90 Å². The van der Waals surface area contributed by atoms with Gasteiger partial charge in [0.15, 0.2) is 5.82 Å². The molecule has 0 radical (unpaired) electrons. The maximum atomic E-state index is 13.0. The summed E-state index contributed by atoms with van der Waals surface area (Å²) in [6, 6.07) is 14.1. The second kappa shape index (κ2) is 7.41. The van der Waals surface area contributed by atoms with Gasteiger partial charge in [-0.1, -0.05) is 43.5 Å². The summed E-state index contributed by atoms with van der Waals surface area (Å²) in [6.07, 6.45) is 5.78. The van der Waals surface area contributed by atoms with Crippen LogP contribution in [0.2, 0.25) is 0 Å². The molecule has 0 unspecified atom stereocenters. The molecule has 6 heteroatoms. The lowest BCUT2D eigenvalue weighted by atomic mass is 9.94. The van der Waals surface area contributed by atoms with Crippen LogP contribution in [0.5, 0.6) is 0 Å². The van der Waals surface area contributed by atoms with Crippen molar-refractivity contribution in [1.29, 1.82) is 0 Å². The standard InChI is InChI=1S/C20H22N4OS/c1-23(15-9-4-2-5-10-15)20(25)18-21-19(17-13-8-14-26-17)24(22-18)16-11-6-3-7-12-16/h3,6-8,11-15H,2,4-5,9-10H2,1H3. The molecule has 3 aromatic rings. The Morgan fingerprint density at radius 3 is 2.58 bits per heavy atom. The van der Waals surface area contributed by atoms with Crippen molar-refractivity contribution < 1.29 is 4.79 Å². The minimum Gasteiger partial charge on any atom is -0.336 e. The van der Waals surface area contributed by atoms with Crippen LogP contribution >= 0.6 is 11.3 Å². The first-order valence-corrected chi connectivity index (χ1v) is 9.95. The molecule has 0 aliphatic heterocycles. The lowest BCUT2D eigenvalue weighted by Crippen LogP contribution is -2.38. The fourth-order valence-electron chi connectivity index (χ4n) is 3.51. The minimum absolute atomic E-state index is 0.0932. The average Bonchev–Trinajstić information content (AvgIpc) is 3.38. The summed E-state index contributed by atoms with van der Waals surface area (Å²) in [5, 5.41) is 6.58. The quantitative estimate of drug-likeness (QED) is 0.688. The van der Waals surface area contributed by atoms with Gasteiger partial charge in [-0.2, -0.15) is 0 Å². The van der Waals surface area contributed by atoms with E-state index in [1.165, 1.54) is 19.3 Å². The molecule has 4 rings (SSSR count). The molecule has 0 atom stereocenters. The third-order valence-corrected chi connectivity index (χ3v) is 5.85. The number of thiophene rings is 1. The van der Waals surface area contributed by atoms with Gasteiger partial charge in [0.25, 0.3) is 5.91 Å². The van der Waals surface area contributed by atoms with Crippen molar-refractivity contribution in [2.45, 2.75) is 38.1 Å². The number of nitrogens with zero attached hydrogens (tertiary/aromatic N) is 4. The fourth-order valence-corrected chi connectivity index (χ4v) is 4.21. The summed E-state index contributed by atoms with van der Waals surface area (Å²) in [7, 11) is 1.88. The van der Waals surface area contributed by atoms with Crippen molar-refractivity contribution in [3.8, 4) is 16.4 Å². The molecule has 1 aliphatic carbocycles. The average molecular weight is 366 g/mol. The minimum atomic E-state index is -0.0932. The zero-order valence-electron chi connectivity index (χ0n) is 14.8. The summed E-state index contributed by atoms with van der Waals surface area (Å²) in [6.45, 7) is 0. The zero-order chi connectivity index (χ0) is 17.9. The smallest absolute Gasteiger partial charge is 0.293 e. The normalized spacial score (nSPS) is 15.1. The van der Waals surface area contributed by atoms with E-state index in [0.29, 0.717) is 11.9 Å². The Labute approximate surface area is 157 Å². The number of hydrogen-bond acceptors (Lipinski definition) is 4. The summed E-state index contributed by atoms with van der Waals surface area (Å²) >= 11 is 1.60. The van der Waals surface area contributed by atoms with Crippen LogP contribution in [-0.2, 0) is 0 Å². The highest BCUT2D eigenvalue weighted by molar-refractivity contribution is 7.13. The van der Waals surface area contributed by atoms with Gasteiger partial charge in [-0.25, -0.2) is 9.67 Å². The number of benzene rings is 1. The molecule has 26 heavy (non-hydrogen) atoms. The molecule has 0 bridgehead atoms. The van der Waals surface area contributed by atoms with Gasteiger partial charge in [0.05, 0.1) is 10.6 Å². The first-order valence-electron chi connectivity index (χ1n) is 9.07. The summed E-state index contributed by atoms with van der Waals surface area (Å²) in [4.78, 5) is 20.5. The maximum absolute atomic E-state index is 13.0. The van der Waals surface area contributed by atoms with E-state index in [1.54, 1.807) is 16.0 Å². The van der Waals surface area contributed by atoms with E-state index in [9.17, 15) is 4.79 Å². The third-order valence-electron chi connectivity index (χ3n) is 4.98. The van der Waals surface area contributed by atoms with E-state index in [0.717, 1.165) is 23.4 Å². The summed E-state index contributed by atoms with van der Waals surface area (Å²) in [5.41, 5.74) is 0.905. The van der Waals surface area contributed by atoms with Crippen molar-refractivity contribution in [2.24, 2.45) is 0 Å². The number of carbonyl (C=O) groups is 1. The molecule has 1 fully saturated rings. The number of para-hydroxylation sites is 1. The van der Waals surface area contributed by atoms with Crippen LogP contribution in [0.25, 0.3) is 16.4 Å². The van der Waals surface area contributed by atoms with Gasteiger partial charge in [-0.05, 0) is 36.4 Å². The van der Waals surface area contributed by atoms with Crippen LogP contribution in [0.15, 0.2) is 47.8 Å². The number of amides is 1. The van der Waals surface area contributed by atoms with Gasteiger partial charge in [0.1, 0.15) is 0 Å². The Bertz CT molecular complexity index is 867. The van der Waals surface area contributed by atoms with Crippen molar-refractivity contribution in [1.82, 2.24) is 19.7 Å². The molecule has 1 saturated carbocycles. The van der Waals surface area contributed by atoms with Crippen molar-refractivity contribution in [3.05, 3.63) is 53.7 Å². The van der Waals surface area contributed by atoms with Gasteiger partial charge in [0, 0.05) is 13.1 Å². The Morgan fingerprint density at radius 1 is 1.12 bits per heavy atom. The van der Waals surface area contributed by atoms with Gasteiger partial charge in [-0.15, -0.1) is 16.4 Å².